The summed E-state index contributed by atoms with van der Waals surface area (Å²) in [5, 5.41) is 7.64. The van der Waals surface area contributed by atoms with Crippen LogP contribution in [0.3, 0.4) is 0 Å². The molecule has 0 aromatic heterocycles. The molecule has 1 heterocycles. The first kappa shape index (κ1) is 16.9. The summed E-state index contributed by atoms with van der Waals surface area (Å²) in [6.45, 7) is 0. The molecule has 1 aliphatic heterocycles. The number of halogens is 1. The van der Waals surface area contributed by atoms with Crippen molar-refractivity contribution < 1.29 is 9.53 Å². The van der Waals surface area contributed by atoms with Gasteiger partial charge >= 0.3 is 0 Å². The Kier molecular flexibility index (Phi) is 4.29. The lowest BCUT2D eigenvalue weighted by atomic mass is 9.80. The van der Waals surface area contributed by atoms with Crippen LogP contribution in [0.15, 0.2) is 71.5 Å². The molecule has 2 aliphatic rings. The summed E-state index contributed by atoms with van der Waals surface area (Å²) in [7, 11) is 1.62. The number of ketones is 1. The summed E-state index contributed by atoms with van der Waals surface area (Å²) in [6.07, 6.45) is 3.46. The Morgan fingerprint density at radius 2 is 1.85 bits per heavy atom. The van der Waals surface area contributed by atoms with Gasteiger partial charge in [-0.2, -0.15) is 5.10 Å². The molecule has 5 heteroatoms. The number of hydrogen-bond donors (Lipinski definition) is 0. The van der Waals surface area contributed by atoms with Crippen molar-refractivity contribution in [2.75, 3.05) is 12.1 Å². The predicted octanol–water partition coefficient (Wildman–Crippen LogP) is 4.59. The molecule has 0 radical (unpaired) electrons. The Morgan fingerprint density at radius 3 is 2.54 bits per heavy atom. The third-order valence-corrected chi connectivity index (χ3v) is 5.27. The molecule has 1 spiro atoms. The minimum atomic E-state index is -0.473. The minimum Gasteiger partial charge on any atom is -0.498 e. The van der Waals surface area contributed by atoms with Crippen LogP contribution in [0.2, 0.25) is 5.02 Å². The highest BCUT2D eigenvalue weighted by molar-refractivity contribution is 6.30. The number of hydrazone groups is 1. The van der Waals surface area contributed by atoms with Gasteiger partial charge < -0.3 is 4.74 Å². The molecule has 0 amide bonds. The van der Waals surface area contributed by atoms with Gasteiger partial charge in [0, 0.05) is 23.9 Å². The summed E-state index contributed by atoms with van der Waals surface area (Å²) in [4.78, 5) is 12.0. The molecule has 2 aromatic rings. The number of carbonyl (C=O) groups excluding carboxylic acids is 1. The number of ether oxygens (including phenoxy) is 1. The highest BCUT2D eigenvalue weighted by atomic mass is 35.5. The third-order valence-electron chi connectivity index (χ3n) is 5.02. The zero-order valence-electron chi connectivity index (χ0n) is 14.5. The number of nitrogens with zero attached hydrogens (tertiary/aromatic N) is 2. The first-order chi connectivity index (χ1) is 12.6. The fourth-order valence-electron chi connectivity index (χ4n) is 3.72. The normalized spacial score (nSPS) is 22.4. The first-order valence-corrected chi connectivity index (χ1v) is 8.98. The van der Waals surface area contributed by atoms with Gasteiger partial charge in [0.05, 0.1) is 18.5 Å². The number of rotatable bonds is 3. The summed E-state index contributed by atoms with van der Waals surface area (Å²) in [5.74, 6) is 0.769. The predicted molar refractivity (Wildman–Crippen MR) is 104 cm³/mol. The average Bonchev–Trinajstić information content (AvgIpc) is 3.05. The van der Waals surface area contributed by atoms with Crippen LogP contribution < -0.4 is 5.01 Å². The summed E-state index contributed by atoms with van der Waals surface area (Å²) in [5.41, 5.74) is 2.50. The fourth-order valence-corrected chi connectivity index (χ4v) is 3.85. The monoisotopic (exact) mass is 366 g/mol. The zero-order chi connectivity index (χ0) is 18.1. The van der Waals surface area contributed by atoms with E-state index < -0.39 is 5.54 Å². The Labute approximate surface area is 157 Å². The van der Waals surface area contributed by atoms with E-state index in [0.29, 0.717) is 30.0 Å². The number of carbonyl (C=O) groups is 1. The molecule has 2 aromatic carbocycles. The van der Waals surface area contributed by atoms with Crippen LogP contribution in [0.5, 0.6) is 0 Å². The Bertz CT molecular complexity index is 890. The molecule has 4 nitrogen and oxygen atoms in total. The van der Waals surface area contributed by atoms with E-state index in [4.69, 9.17) is 21.4 Å². The summed E-state index contributed by atoms with van der Waals surface area (Å²) >= 11 is 6.03. The van der Waals surface area contributed by atoms with Crippen LogP contribution >= 0.6 is 11.6 Å². The number of hydrogen-bond acceptors (Lipinski definition) is 4. The van der Waals surface area contributed by atoms with E-state index in [1.807, 2.05) is 59.6 Å². The smallest absolute Gasteiger partial charge is 0.159 e. The van der Waals surface area contributed by atoms with Crippen molar-refractivity contribution in [2.24, 2.45) is 5.10 Å². The molecule has 26 heavy (non-hydrogen) atoms. The van der Waals surface area contributed by atoms with Crippen LogP contribution in [-0.4, -0.2) is 24.1 Å². The standard InChI is InChI=1S/C21H19ClN2O2/c1-26-20-13-18(25)11-12-21(20)14-19(15-7-9-16(22)10-8-15)23-24(21)17-5-3-2-4-6-17/h2-10,13H,11-12,14H2,1H3. The molecule has 0 N–H and O–H groups in total. The molecular formula is C21H19ClN2O2. The second kappa shape index (κ2) is 6.61. The number of para-hydroxylation sites is 1. The minimum absolute atomic E-state index is 0.0976. The fraction of sp³-hybridized carbons (Fsp3) is 0.238. The van der Waals surface area contributed by atoms with Crippen LogP contribution in [0, 0.1) is 0 Å². The van der Waals surface area contributed by atoms with E-state index in [1.165, 1.54) is 0 Å². The number of allylic oxidation sites excluding steroid dienone is 1. The third kappa shape index (κ3) is 2.80. The van der Waals surface area contributed by atoms with E-state index in [0.717, 1.165) is 17.0 Å². The molecule has 1 unspecified atom stereocenters. The summed E-state index contributed by atoms with van der Waals surface area (Å²) < 4.78 is 5.66. The SMILES string of the molecule is COC1=CC(=O)CCC12CC(c1ccc(Cl)cc1)=NN2c1ccccc1. The Morgan fingerprint density at radius 1 is 1.12 bits per heavy atom. The van der Waals surface area contributed by atoms with E-state index >= 15 is 0 Å². The zero-order valence-corrected chi connectivity index (χ0v) is 15.2. The lowest BCUT2D eigenvalue weighted by Gasteiger charge is -2.40. The van der Waals surface area contributed by atoms with Gasteiger partial charge in [0.25, 0.3) is 0 Å². The maximum atomic E-state index is 12.0. The van der Waals surface area contributed by atoms with Crippen molar-refractivity contribution in [3.8, 4) is 0 Å². The first-order valence-electron chi connectivity index (χ1n) is 8.60. The van der Waals surface area contributed by atoms with Gasteiger partial charge in [-0.1, -0.05) is 41.9 Å². The molecule has 132 valence electrons. The van der Waals surface area contributed by atoms with Gasteiger partial charge in [-0.3, -0.25) is 9.80 Å². The topological polar surface area (TPSA) is 41.9 Å². The Hall–Kier alpha value is -2.59. The molecule has 1 aliphatic carbocycles. The van der Waals surface area contributed by atoms with Crippen molar-refractivity contribution in [3.63, 3.8) is 0 Å². The lowest BCUT2D eigenvalue weighted by Crippen LogP contribution is -2.47. The molecule has 0 saturated heterocycles. The van der Waals surface area contributed by atoms with Crippen molar-refractivity contribution in [1.29, 1.82) is 0 Å². The van der Waals surface area contributed by atoms with E-state index in [9.17, 15) is 4.79 Å². The van der Waals surface area contributed by atoms with E-state index in [-0.39, 0.29) is 5.78 Å². The van der Waals surface area contributed by atoms with Gasteiger partial charge in [-0.15, -0.1) is 0 Å². The maximum Gasteiger partial charge on any atom is 0.159 e. The van der Waals surface area contributed by atoms with Crippen molar-refractivity contribution in [2.45, 2.75) is 24.8 Å². The average molecular weight is 367 g/mol. The second-order valence-electron chi connectivity index (χ2n) is 6.59. The molecule has 4 rings (SSSR count). The van der Waals surface area contributed by atoms with Crippen molar-refractivity contribution in [1.82, 2.24) is 0 Å². The van der Waals surface area contributed by atoms with Crippen LogP contribution in [0.1, 0.15) is 24.8 Å². The van der Waals surface area contributed by atoms with Crippen LogP contribution in [0.25, 0.3) is 0 Å². The summed E-state index contributed by atoms with van der Waals surface area (Å²) in [6, 6.07) is 17.7. The van der Waals surface area contributed by atoms with Crippen LogP contribution in [0.4, 0.5) is 5.69 Å². The number of benzene rings is 2. The largest absolute Gasteiger partial charge is 0.498 e. The van der Waals surface area contributed by atoms with E-state index in [2.05, 4.69) is 0 Å². The van der Waals surface area contributed by atoms with Gasteiger partial charge in [-0.05, 0) is 36.2 Å². The molecule has 0 bridgehead atoms. The highest BCUT2D eigenvalue weighted by Gasteiger charge is 2.49. The number of methoxy groups -OCH3 is 1. The second-order valence-corrected chi connectivity index (χ2v) is 7.02. The molecule has 0 saturated carbocycles. The van der Waals surface area contributed by atoms with Gasteiger partial charge in [0.2, 0.25) is 0 Å². The molecule has 0 fully saturated rings. The molecule has 1 atom stereocenters. The highest BCUT2D eigenvalue weighted by Crippen LogP contribution is 2.44. The van der Waals surface area contributed by atoms with Crippen molar-refractivity contribution in [3.05, 3.63) is 77.0 Å². The van der Waals surface area contributed by atoms with Gasteiger partial charge in [0.15, 0.2) is 5.78 Å². The van der Waals surface area contributed by atoms with Gasteiger partial charge in [0.1, 0.15) is 11.3 Å². The quantitative estimate of drug-likeness (QED) is 0.798. The number of anilines is 1. The van der Waals surface area contributed by atoms with E-state index in [1.54, 1.807) is 13.2 Å². The van der Waals surface area contributed by atoms with Crippen molar-refractivity contribution >= 4 is 28.8 Å². The van der Waals surface area contributed by atoms with Crippen LogP contribution in [-0.2, 0) is 9.53 Å². The Balaban J connectivity index is 1.82. The molecular weight excluding hydrogens is 348 g/mol. The lowest BCUT2D eigenvalue weighted by molar-refractivity contribution is -0.115. The maximum absolute atomic E-state index is 12.0. The van der Waals surface area contributed by atoms with Gasteiger partial charge in [-0.25, -0.2) is 0 Å².